The van der Waals surface area contributed by atoms with Crippen LogP contribution in [0.3, 0.4) is 0 Å². The third-order valence-corrected chi connectivity index (χ3v) is 3.41. The van der Waals surface area contributed by atoms with Crippen LogP contribution in [0.2, 0.25) is 0 Å². The number of hydrogen-bond donors (Lipinski definition) is 3. The summed E-state index contributed by atoms with van der Waals surface area (Å²) >= 11 is 0. The van der Waals surface area contributed by atoms with E-state index in [1.807, 2.05) is 0 Å². The summed E-state index contributed by atoms with van der Waals surface area (Å²) in [7, 11) is 1.57. The number of urea groups is 1. The number of nitrogens with one attached hydrogen (secondary N) is 2. The predicted octanol–water partition coefficient (Wildman–Crippen LogP) is 0.365. The van der Waals surface area contributed by atoms with Gasteiger partial charge in [0.25, 0.3) is 5.95 Å². The maximum Gasteiger partial charge on any atom is 0.326 e. The first-order valence-electron chi connectivity index (χ1n) is 6.60. The highest BCUT2D eigenvalue weighted by Crippen LogP contribution is 2.26. The van der Waals surface area contributed by atoms with Gasteiger partial charge in [-0.15, -0.1) is 5.10 Å². The van der Waals surface area contributed by atoms with Gasteiger partial charge in [-0.3, -0.25) is 5.32 Å². The molecule has 0 saturated heterocycles. The Morgan fingerprint density at radius 1 is 1.35 bits per heavy atom. The summed E-state index contributed by atoms with van der Waals surface area (Å²) in [6.07, 6.45) is 4.77. The molecule has 0 aliphatic heterocycles. The second-order valence-corrected chi connectivity index (χ2v) is 4.91. The van der Waals surface area contributed by atoms with Gasteiger partial charge in [-0.1, -0.05) is 24.4 Å². The zero-order chi connectivity index (χ0) is 14.5. The molecule has 1 unspecified atom stereocenters. The SMILES string of the molecule is Cn1nnc(NC(=O)NC(C(=O)O)C2CCCCC2)n1. The number of amides is 2. The smallest absolute Gasteiger partial charge is 0.326 e. The Kier molecular flexibility index (Phi) is 4.49. The van der Waals surface area contributed by atoms with Gasteiger partial charge >= 0.3 is 12.0 Å². The first-order chi connectivity index (χ1) is 9.56. The van der Waals surface area contributed by atoms with E-state index in [1.165, 1.54) is 4.80 Å². The molecule has 1 fully saturated rings. The molecule has 0 bridgehead atoms. The molecule has 1 aliphatic carbocycles. The maximum absolute atomic E-state index is 11.8. The van der Waals surface area contributed by atoms with E-state index in [2.05, 4.69) is 26.0 Å². The van der Waals surface area contributed by atoms with Crippen molar-refractivity contribution in [3.63, 3.8) is 0 Å². The molecule has 0 radical (unpaired) electrons. The van der Waals surface area contributed by atoms with Gasteiger partial charge in [-0.25, -0.2) is 9.59 Å². The molecule has 3 N–H and O–H groups in total. The number of aliphatic carboxylic acids is 1. The number of anilines is 1. The third kappa shape index (κ3) is 3.65. The number of rotatable bonds is 4. The van der Waals surface area contributed by atoms with E-state index < -0.39 is 18.0 Å². The van der Waals surface area contributed by atoms with Crippen molar-refractivity contribution in [1.29, 1.82) is 0 Å². The lowest BCUT2D eigenvalue weighted by atomic mass is 9.84. The van der Waals surface area contributed by atoms with E-state index >= 15 is 0 Å². The Morgan fingerprint density at radius 3 is 2.60 bits per heavy atom. The van der Waals surface area contributed by atoms with Crippen LogP contribution in [-0.2, 0) is 11.8 Å². The Balaban J connectivity index is 1.93. The van der Waals surface area contributed by atoms with E-state index in [9.17, 15) is 14.7 Å². The Morgan fingerprint density at radius 2 is 2.05 bits per heavy atom. The van der Waals surface area contributed by atoms with Crippen molar-refractivity contribution < 1.29 is 14.7 Å². The fraction of sp³-hybridized carbons (Fsp3) is 0.727. The second kappa shape index (κ2) is 6.31. The van der Waals surface area contributed by atoms with Crippen molar-refractivity contribution in [1.82, 2.24) is 25.5 Å². The minimum absolute atomic E-state index is 0.0261. The molecule has 1 atom stereocenters. The van der Waals surface area contributed by atoms with Crippen LogP contribution in [0.25, 0.3) is 0 Å². The predicted molar refractivity (Wildman–Crippen MR) is 69.0 cm³/mol. The van der Waals surface area contributed by atoms with E-state index in [1.54, 1.807) is 7.05 Å². The van der Waals surface area contributed by atoms with E-state index in [4.69, 9.17) is 0 Å². The molecule has 2 amide bonds. The fourth-order valence-electron chi connectivity index (χ4n) is 2.46. The highest BCUT2D eigenvalue weighted by Gasteiger charge is 2.30. The fourth-order valence-corrected chi connectivity index (χ4v) is 2.46. The second-order valence-electron chi connectivity index (χ2n) is 4.91. The van der Waals surface area contributed by atoms with Gasteiger partial charge in [0.15, 0.2) is 0 Å². The molecular formula is C11H18N6O3. The van der Waals surface area contributed by atoms with Crippen molar-refractivity contribution in [3.8, 4) is 0 Å². The lowest BCUT2D eigenvalue weighted by Gasteiger charge is -2.27. The summed E-state index contributed by atoms with van der Waals surface area (Å²) in [5.41, 5.74) is 0. The summed E-state index contributed by atoms with van der Waals surface area (Å²) in [4.78, 5) is 24.3. The molecule has 1 aromatic heterocycles. The average molecular weight is 282 g/mol. The number of carbonyl (C=O) groups excluding carboxylic acids is 1. The van der Waals surface area contributed by atoms with Gasteiger partial charge in [-0.05, 0) is 24.0 Å². The number of tetrazole rings is 1. The quantitative estimate of drug-likeness (QED) is 0.733. The maximum atomic E-state index is 11.8. The minimum atomic E-state index is -1.01. The van der Waals surface area contributed by atoms with Gasteiger partial charge < -0.3 is 10.4 Å². The number of carboxylic acid groups (broad SMARTS) is 1. The van der Waals surface area contributed by atoms with E-state index in [0.29, 0.717) is 0 Å². The largest absolute Gasteiger partial charge is 0.480 e. The Bertz CT molecular complexity index is 482. The van der Waals surface area contributed by atoms with Crippen molar-refractivity contribution in [2.75, 3.05) is 5.32 Å². The minimum Gasteiger partial charge on any atom is -0.480 e. The van der Waals surface area contributed by atoms with Crippen molar-refractivity contribution in [3.05, 3.63) is 0 Å². The molecule has 20 heavy (non-hydrogen) atoms. The van der Waals surface area contributed by atoms with E-state index in [-0.39, 0.29) is 11.9 Å². The van der Waals surface area contributed by atoms with Crippen molar-refractivity contribution in [2.24, 2.45) is 13.0 Å². The zero-order valence-corrected chi connectivity index (χ0v) is 11.2. The standard InChI is InChI=1S/C11H18N6O3/c1-17-15-10(14-16-17)13-11(20)12-8(9(18)19)7-5-3-2-4-6-7/h7-8H,2-6H2,1H3,(H,18,19)(H2,12,13,15,20). The third-order valence-electron chi connectivity index (χ3n) is 3.41. The molecule has 1 aliphatic rings. The van der Waals surface area contributed by atoms with Gasteiger partial charge in [0.2, 0.25) is 0 Å². The van der Waals surface area contributed by atoms with Crippen LogP contribution >= 0.6 is 0 Å². The van der Waals surface area contributed by atoms with Crippen LogP contribution in [-0.4, -0.2) is 43.4 Å². The molecular weight excluding hydrogens is 264 g/mol. The molecule has 0 spiro atoms. The monoisotopic (exact) mass is 282 g/mol. The Labute approximate surface area is 115 Å². The molecule has 2 rings (SSSR count). The van der Waals surface area contributed by atoms with Crippen molar-refractivity contribution in [2.45, 2.75) is 38.1 Å². The van der Waals surface area contributed by atoms with Crippen LogP contribution < -0.4 is 10.6 Å². The number of aromatic nitrogens is 4. The number of hydrogen-bond acceptors (Lipinski definition) is 5. The number of carboxylic acids is 1. The first-order valence-corrected chi connectivity index (χ1v) is 6.60. The Hall–Kier alpha value is -2.19. The molecule has 1 aromatic rings. The number of carbonyl (C=O) groups is 2. The summed E-state index contributed by atoms with van der Waals surface area (Å²) in [6.45, 7) is 0. The molecule has 9 nitrogen and oxygen atoms in total. The van der Waals surface area contributed by atoms with Gasteiger partial charge in [0, 0.05) is 0 Å². The van der Waals surface area contributed by atoms with Gasteiger partial charge in [0.05, 0.1) is 7.05 Å². The van der Waals surface area contributed by atoms with Crippen LogP contribution in [0.4, 0.5) is 10.7 Å². The van der Waals surface area contributed by atoms with Gasteiger partial charge in [0.1, 0.15) is 6.04 Å². The van der Waals surface area contributed by atoms with Crippen molar-refractivity contribution >= 4 is 17.9 Å². The van der Waals surface area contributed by atoms with Crippen LogP contribution in [0.1, 0.15) is 32.1 Å². The number of aryl methyl sites for hydroxylation is 1. The molecule has 110 valence electrons. The lowest BCUT2D eigenvalue weighted by Crippen LogP contribution is -2.48. The van der Waals surface area contributed by atoms with E-state index in [0.717, 1.165) is 32.1 Å². The normalized spacial score (nSPS) is 17.4. The topological polar surface area (TPSA) is 122 Å². The molecule has 0 aromatic carbocycles. The molecule has 9 heteroatoms. The average Bonchev–Trinajstić information content (AvgIpc) is 2.82. The molecule has 1 saturated carbocycles. The summed E-state index contributed by atoms with van der Waals surface area (Å²) in [6, 6.07) is -1.51. The zero-order valence-electron chi connectivity index (χ0n) is 11.2. The van der Waals surface area contributed by atoms with Crippen LogP contribution in [0.5, 0.6) is 0 Å². The summed E-state index contributed by atoms with van der Waals surface area (Å²) in [5.74, 6) is -1.00. The summed E-state index contributed by atoms with van der Waals surface area (Å²) < 4.78 is 0. The number of nitrogens with zero attached hydrogens (tertiary/aromatic N) is 4. The highest BCUT2D eigenvalue weighted by atomic mass is 16.4. The van der Waals surface area contributed by atoms with Crippen LogP contribution in [0.15, 0.2) is 0 Å². The first kappa shape index (κ1) is 14.2. The summed E-state index contributed by atoms with van der Waals surface area (Å²) in [5, 5.41) is 25.1. The van der Waals surface area contributed by atoms with Crippen LogP contribution in [0, 0.1) is 5.92 Å². The molecule has 1 heterocycles. The highest BCUT2D eigenvalue weighted by molar-refractivity contribution is 5.90. The lowest BCUT2D eigenvalue weighted by molar-refractivity contribution is -0.141. The van der Waals surface area contributed by atoms with Gasteiger partial charge in [-0.2, -0.15) is 4.80 Å².